The van der Waals surface area contributed by atoms with Gasteiger partial charge in [0.25, 0.3) is 0 Å². The lowest BCUT2D eigenvalue weighted by molar-refractivity contribution is 0.639. The topological polar surface area (TPSA) is 26.0 Å². The van der Waals surface area contributed by atoms with Crippen molar-refractivity contribution >= 4 is 30.2 Å². The van der Waals surface area contributed by atoms with E-state index in [4.69, 9.17) is 13.6 Å². The van der Waals surface area contributed by atoms with Gasteiger partial charge in [-0.2, -0.15) is 0 Å². The SMILES string of the molecule is [B]c1c(-c2cccc(C3=C(N)c4ccccc4C3(C)C)c2-c2cccc(C3=C(C)C(C)(C)c4ccccc43)c2C)cc2c(c1C)Cc1ccccc1-2. The normalized spacial score (nSPS) is 16.2. The van der Waals surface area contributed by atoms with Gasteiger partial charge in [-0.05, 0) is 122 Å². The second-order valence-electron chi connectivity index (χ2n) is 16.2. The number of rotatable bonds is 4. The Balaban J connectivity index is 1.36. The predicted octanol–water partition coefficient (Wildman–Crippen LogP) is 11.2. The molecule has 52 heavy (non-hydrogen) atoms. The Morgan fingerprint density at radius 2 is 1.08 bits per heavy atom. The average molecular weight is 670 g/mol. The molecule has 0 fully saturated rings. The Morgan fingerprint density at radius 1 is 0.519 bits per heavy atom. The maximum atomic E-state index is 7.25. The van der Waals surface area contributed by atoms with Gasteiger partial charge in [-0.1, -0.05) is 153 Å². The van der Waals surface area contributed by atoms with E-state index in [1.165, 1.54) is 83.5 Å². The monoisotopic (exact) mass is 669 g/mol. The lowest BCUT2D eigenvalue weighted by atomic mass is 9.73. The molecule has 6 aromatic carbocycles. The number of hydrogen-bond acceptors (Lipinski definition) is 1. The Kier molecular flexibility index (Phi) is 7.10. The van der Waals surface area contributed by atoms with Crippen LogP contribution in [0.4, 0.5) is 0 Å². The zero-order valence-corrected chi connectivity index (χ0v) is 31.3. The van der Waals surface area contributed by atoms with Crippen LogP contribution in [-0.2, 0) is 17.3 Å². The fourth-order valence-electron chi connectivity index (χ4n) is 9.81. The largest absolute Gasteiger partial charge is 0.398 e. The van der Waals surface area contributed by atoms with Crippen molar-refractivity contribution in [1.29, 1.82) is 0 Å². The first kappa shape index (κ1) is 32.6. The molecule has 252 valence electrons. The highest BCUT2D eigenvalue weighted by molar-refractivity contribution is 6.38. The van der Waals surface area contributed by atoms with E-state index in [-0.39, 0.29) is 10.8 Å². The number of nitrogens with two attached hydrogens (primary N) is 1. The third-order valence-electron chi connectivity index (χ3n) is 12.9. The molecule has 0 aromatic heterocycles. The van der Waals surface area contributed by atoms with Crippen LogP contribution < -0.4 is 11.2 Å². The molecule has 3 aliphatic carbocycles. The van der Waals surface area contributed by atoms with E-state index < -0.39 is 0 Å². The Bertz CT molecular complexity index is 2590. The second-order valence-corrected chi connectivity index (χ2v) is 16.2. The minimum atomic E-state index is -0.300. The Hall–Kier alpha value is -5.34. The Labute approximate surface area is 310 Å². The molecule has 0 aliphatic heterocycles. The molecule has 0 unspecified atom stereocenters. The van der Waals surface area contributed by atoms with Crippen molar-refractivity contribution in [1.82, 2.24) is 0 Å². The lowest BCUT2D eigenvalue weighted by Crippen LogP contribution is -2.18. The van der Waals surface area contributed by atoms with Gasteiger partial charge in [0.2, 0.25) is 0 Å². The highest BCUT2D eigenvalue weighted by Crippen LogP contribution is 2.54. The van der Waals surface area contributed by atoms with Crippen molar-refractivity contribution in [2.45, 2.75) is 65.7 Å². The van der Waals surface area contributed by atoms with Crippen LogP contribution >= 0.6 is 0 Å². The maximum Gasteiger partial charge on any atom is 0.115 e. The summed E-state index contributed by atoms with van der Waals surface area (Å²) in [6.45, 7) is 16.2. The van der Waals surface area contributed by atoms with Crippen LogP contribution in [0.2, 0.25) is 0 Å². The lowest BCUT2D eigenvalue weighted by Gasteiger charge is -2.29. The number of hydrogen-bond donors (Lipinski definition) is 1. The smallest absolute Gasteiger partial charge is 0.115 e. The van der Waals surface area contributed by atoms with Gasteiger partial charge in [-0.3, -0.25) is 0 Å². The molecular weight excluding hydrogens is 625 g/mol. The fourth-order valence-corrected chi connectivity index (χ4v) is 9.81. The highest BCUT2D eigenvalue weighted by atomic mass is 14.6. The quantitative estimate of drug-likeness (QED) is 0.186. The Morgan fingerprint density at radius 3 is 1.79 bits per heavy atom. The van der Waals surface area contributed by atoms with Crippen LogP contribution in [0, 0.1) is 13.8 Å². The first-order chi connectivity index (χ1) is 24.9. The summed E-state index contributed by atoms with van der Waals surface area (Å²) < 4.78 is 0. The molecule has 2 heteroatoms. The van der Waals surface area contributed by atoms with Crippen molar-refractivity contribution in [3.05, 3.63) is 176 Å². The molecule has 0 heterocycles. The fraction of sp³-hybridized carbons (Fsp3) is 0.200. The summed E-state index contributed by atoms with van der Waals surface area (Å²) in [7, 11) is 7.25. The summed E-state index contributed by atoms with van der Waals surface area (Å²) in [5.41, 5.74) is 32.3. The van der Waals surface area contributed by atoms with E-state index in [0.29, 0.717) is 0 Å². The zero-order chi connectivity index (χ0) is 36.3. The van der Waals surface area contributed by atoms with Crippen molar-refractivity contribution in [3.63, 3.8) is 0 Å². The van der Waals surface area contributed by atoms with Crippen LogP contribution in [0.5, 0.6) is 0 Å². The van der Waals surface area contributed by atoms with E-state index in [0.717, 1.165) is 39.8 Å². The third-order valence-corrected chi connectivity index (χ3v) is 12.9. The van der Waals surface area contributed by atoms with Gasteiger partial charge in [0.1, 0.15) is 7.85 Å². The number of fused-ring (bicyclic) bond motifs is 5. The van der Waals surface area contributed by atoms with Crippen molar-refractivity contribution < 1.29 is 0 Å². The van der Waals surface area contributed by atoms with Crippen LogP contribution in [-0.4, -0.2) is 7.85 Å². The predicted molar refractivity (Wildman–Crippen MR) is 222 cm³/mol. The summed E-state index contributed by atoms with van der Waals surface area (Å²) in [6.07, 6.45) is 0.915. The van der Waals surface area contributed by atoms with Crippen molar-refractivity contribution in [3.8, 4) is 33.4 Å². The third kappa shape index (κ3) is 4.37. The first-order valence-electron chi connectivity index (χ1n) is 18.6. The molecule has 0 saturated carbocycles. The van der Waals surface area contributed by atoms with Gasteiger partial charge in [0, 0.05) is 22.1 Å². The van der Waals surface area contributed by atoms with Crippen molar-refractivity contribution in [2.24, 2.45) is 5.73 Å². The molecule has 9 rings (SSSR count). The molecule has 6 aromatic rings. The molecule has 0 bridgehead atoms. The molecule has 2 radical (unpaired) electrons. The van der Waals surface area contributed by atoms with Crippen LogP contribution in [0.1, 0.15) is 90.3 Å². The van der Waals surface area contributed by atoms with E-state index in [2.05, 4.69) is 164 Å². The van der Waals surface area contributed by atoms with Crippen LogP contribution in [0.15, 0.2) is 121 Å². The van der Waals surface area contributed by atoms with Crippen LogP contribution in [0.25, 0.3) is 50.2 Å². The summed E-state index contributed by atoms with van der Waals surface area (Å²) in [5.74, 6) is 0. The molecule has 2 N–H and O–H groups in total. The van der Waals surface area contributed by atoms with E-state index in [1.807, 2.05) is 0 Å². The molecule has 0 atom stereocenters. The highest BCUT2D eigenvalue weighted by Gasteiger charge is 2.40. The minimum absolute atomic E-state index is 0.0525. The van der Waals surface area contributed by atoms with Gasteiger partial charge < -0.3 is 5.73 Å². The average Bonchev–Trinajstić information content (AvgIpc) is 3.69. The molecule has 0 spiro atoms. The molecule has 0 saturated heterocycles. The van der Waals surface area contributed by atoms with Gasteiger partial charge in [0.15, 0.2) is 0 Å². The first-order valence-corrected chi connectivity index (χ1v) is 18.6. The van der Waals surface area contributed by atoms with Gasteiger partial charge in [-0.25, -0.2) is 0 Å². The van der Waals surface area contributed by atoms with Crippen LogP contribution in [0.3, 0.4) is 0 Å². The van der Waals surface area contributed by atoms with Gasteiger partial charge in [0.05, 0.1) is 0 Å². The van der Waals surface area contributed by atoms with Gasteiger partial charge >= 0.3 is 0 Å². The summed E-state index contributed by atoms with van der Waals surface area (Å²) in [4.78, 5) is 0. The molecule has 3 aliphatic rings. The second kappa shape index (κ2) is 11.3. The van der Waals surface area contributed by atoms with E-state index in [1.54, 1.807) is 0 Å². The van der Waals surface area contributed by atoms with E-state index >= 15 is 0 Å². The van der Waals surface area contributed by atoms with Gasteiger partial charge in [-0.15, -0.1) is 0 Å². The van der Waals surface area contributed by atoms with E-state index in [9.17, 15) is 0 Å². The zero-order valence-electron chi connectivity index (χ0n) is 31.3. The minimum Gasteiger partial charge on any atom is -0.398 e. The summed E-state index contributed by atoms with van der Waals surface area (Å²) in [6, 6.07) is 42.3. The van der Waals surface area contributed by atoms with Crippen molar-refractivity contribution in [2.75, 3.05) is 0 Å². The number of benzene rings is 6. The molecular formula is C50H44BN. The summed E-state index contributed by atoms with van der Waals surface area (Å²) >= 11 is 0. The molecule has 0 amide bonds. The molecule has 1 nitrogen and oxygen atoms in total. The summed E-state index contributed by atoms with van der Waals surface area (Å²) in [5, 5.41) is 0. The standard InChI is InChI=1S/C50H44BN/c1-28-32(44-30(3)49(4,5)42-24-12-10-18-36(42)44)20-14-21-33(28)45-35(41-27-40-34-17-9-8-16-31(34)26-39(40)29(2)47(41)51)22-15-23-38(45)46-48(52)37-19-11-13-25-43(37)50(46,6)7/h8-25,27H,26,52H2,1-7H3. The maximum absolute atomic E-state index is 7.25. The number of allylic oxidation sites excluding steroid dienone is 2.